The van der Waals surface area contributed by atoms with Crippen molar-refractivity contribution in [3.05, 3.63) is 129 Å². The van der Waals surface area contributed by atoms with Gasteiger partial charge in [0.1, 0.15) is 17.9 Å². The molecule has 8 nitrogen and oxygen atoms in total. The monoisotopic (exact) mass is 740 g/mol. The number of phenols is 1. The van der Waals surface area contributed by atoms with Gasteiger partial charge in [0.05, 0.1) is 17.2 Å². The Morgan fingerprint density at radius 1 is 0.818 bits per heavy atom. The molecule has 4 heterocycles. The van der Waals surface area contributed by atoms with E-state index >= 15 is 0 Å². The number of imide groups is 1. The quantitative estimate of drug-likeness (QED) is 0.135. The number of phenolic OH excluding ortho intramolecular Hbond substituents is 1. The lowest BCUT2D eigenvalue weighted by Gasteiger charge is -2.45. The van der Waals surface area contributed by atoms with Crippen LogP contribution in [0.3, 0.4) is 0 Å². The Morgan fingerprint density at radius 2 is 1.47 bits per heavy atom. The third-order valence-corrected chi connectivity index (χ3v) is 13.1. The van der Waals surface area contributed by atoms with Crippen molar-refractivity contribution in [3.63, 3.8) is 0 Å². The number of hydrogen-bond donors (Lipinski definition) is 1. The molecule has 55 heavy (non-hydrogen) atoms. The van der Waals surface area contributed by atoms with Crippen LogP contribution in [0.1, 0.15) is 105 Å². The Hall–Kier alpha value is -4.86. The van der Waals surface area contributed by atoms with Crippen molar-refractivity contribution in [2.24, 2.45) is 5.92 Å². The Labute approximate surface area is 322 Å². The summed E-state index contributed by atoms with van der Waals surface area (Å²) < 4.78 is 13.8. The van der Waals surface area contributed by atoms with Gasteiger partial charge in [-0.1, -0.05) is 43.7 Å². The Kier molecular flexibility index (Phi) is 9.55. The standard InChI is InChI=1S/C46H49FN4O4/c1-2-3-38(28-52)51-45(54)42-21-33-26-50(27-34(33)22-43(42)46(51)55)37-16-18-48(19-17-37)23-29-24-49(25-29)36-11-6-31(7-12-36)44-40(30-4-9-35(47)10-5-30)14-8-32-20-39(53)13-15-41(32)44/h4-7,9-13,15,20-22,28-29,37-38,40,44,53H,2-3,8,14,16-19,23-27H2,1H3/t38?,40-,44+/m0/s1. The van der Waals surface area contributed by atoms with Gasteiger partial charge in [-0.2, -0.15) is 0 Å². The molecule has 284 valence electrons. The van der Waals surface area contributed by atoms with Crippen molar-refractivity contribution >= 4 is 23.8 Å². The van der Waals surface area contributed by atoms with Crippen LogP contribution < -0.4 is 4.90 Å². The van der Waals surface area contributed by atoms with Gasteiger partial charge in [0.25, 0.3) is 11.8 Å². The van der Waals surface area contributed by atoms with Crippen LogP contribution >= 0.6 is 0 Å². The summed E-state index contributed by atoms with van der Waals surface area (Å²) in [7, 11) is 0. The van der Waals surface area contributed by atoms with Crippen LogP contribution in [0.15, 0.2) is 78.9 Å². The van der Waals surface area contributed by atoms with Crippen LogP contribution in [0.5, 0.6) is 5.75 Å². The number of carbonyl (C=O) groups is 3. The largest absolute Gasteiger partial charge is 0.508 e. The number of fused-ring (bicyclic) bond motifs is 3. The van der Waals surface area contributed by atoms with E-state index in [9.17, 15) is 23.9 Å². The van der Waals surface area contributed by atoms with E-state index in [1.165, 1.54) is 27.3 Å². The maximum Gasteiger partial charge on any atom is 0.262 e. The summed E-state index contributed by atoms with van der Waals surface area (Å²) in [6, 6.07) is 25.4. The Morgan fingerprint density at radius 3 is 2.11 bits per heavy atom. The van der Waals surface area contributed by atoms with E-state index in [4.69, 9.17) is 0 Å². The fraction of sp³-hybridized carbons (Fsp3) is 0.413. The average Bonchev–Trinajstić information content (AvgIpc) is 3.71. The van der Waals surface area contributed by atoms with Crippen LogP contribution in [0.4, 0.5) is 10.1 Å². The Balaban J connectivity index is 0.780. The van der Waals surface area contributed by atoms with Crippen LogP contribution in [-0.4, -0.2) is 82.7 Å². The highest BCUT2D eigenvalue weighted by Crippen LogP contribution is 2.47. The molecule has 0 saturated carbocycles. The van der Waals surface area contributed by atoms with Crippen molar-refractivity contribution in [1.29, 1.82) is 0 Å². The number of aromatic hydroxyl groups is 1. The molecule has 4 aromatic carbocycles. The summed E-state index contributed by atoms with van der Waals surface area (Å²) in [6.45, 7) is 8.90. The number of aldehydes is 1. The van der Waals surface area contributed by atoms with E-state index in [2.05, 4.69) is 45.0 Å². The molecular formula is C46H49FN4O4. The summed E-state index contributed by atoms with van der Waals surface area (Å²) >= 11 is 0. The number of piperidine rings is 1. The normalized spacial score (nSPS) is 22.4. The van der Waals surface area contributed by atoms with Crippen molar-refractivity contribution in [2.45, 2.75) is 82.5 Å². The van der Waals surface area contributed by atoms with Crippen molar-refractivity contribution < 1.29 is 23.9 Å². The molecule has 9 heteroatoms. The lowest BCUT2D eigenvalue weighted by molar-refractivity contribution is -0.111. The number of rotatable bonds is 10. The number of likely N-dealkylation sites (tertiary alicyclic amines) is 1. The SMILES string of the molecule is CCCC(C=O)N1C(=O)c2cc3c(cc2C1=O)CN(C1CCN(CC2CN(c4ccc([C@H]5c6ccc(O)cc6CC[C@H]5c5ccc(F)cc5)cc4)C2)CC1)C3. The van der Waals surface area contributed by atoms with Gasteiger partial charge in [0.2, 0.25) is 0 Å². The molecule has 3 atom stereocenters. The van der Waals surface area contributed by atoms with Gasteiger partial charge >= 0.3 is 0 Å². The Bertz CT molecular complexity index is 2060. The smallest absolute Gasteiger partial charge is 0.262 e. The molecule has 0 bridgehead atoms. The van der Waals surface area contributed by atoms with Gasteiger partial charge in [-0.3, -0.25) is 19.4 Å². The van der Waals surface area contributed by atoms with E-state index < -0.39 is 6.04 Å². The molecule has 4 aliphatic heterocycles. The number of hydrogen-bond acceptors (Lipinski definition) is 7. The second-order valence-electron chi connectivity index (χ2n) is 16.5. The highest BCUT2D eigenvalue weighted by molar-refractivity contribution is 6.22. The van der Waals surface area contributed by atoms with Crippen molar-refractivity contribution in [3.8, 4) is 5.75 Å². The van der Waals surface area contributed by atoms with Crippen molar-refractivity contribution in [2.75, 3.05) is 37.6 Å². The van der Waals surface area contributed by atoms with E-state index in [-0.39, 0.29) is 29.5 Å². The number of halogens is 1. The molecular weight excluding hydrogens is 692 g/mol. The van der Waals surface area contributed by atoms with E-state index in [0.29, 0.717) is 35.3 Å². The third-order valence-electron chi connectivity index (χ3n) is 13.1. The third kappa shape index (κ3) is 6.65. The maximum absolute atomic E-state index is 13.8. The van der Waals surface area contributed by atoms with Gasteiger partial charge in [0, 0.05) is 56.3 Å². The minimum atomic E-state index is -0.698. The van der Waals surface area contributed by atoms with Crippen LogP contribution in [0.25, 0.3) is 0 Å². The van der Waals surface area contributed by atoms with Gasteiger partial charge in [-0.05, 0) is 133 Å². The molecule has 1 N–H and O–H groups in total. The maximum atomic E-state index is 13.8. The van der Waals surface area contributed by atoms with E-state index in [1.54, 1.807) is 18.2 Å². The second kappa shape index (κ2) is 14.7. The number of nitrogens with zero attached hydrogens (tertiary/aromatic N) is 4. The average molecular weight is 741 g/mol. The topological polar surface area (TPSA) is 84.4 Å². The number of anilines is 1. The fourth-order valence-corrected chi connectivity index (χ4v) is 10.2. The minimum absolute atomic E-state index is 0.137. The molecule has 2 fully saturated rings. The number of carbonyl (C=O) groups excluding carboxylic acids is 3. The molecule has 0 aromatic heterocycles. The van der Waals surface area contributed by atoms with E-state index in [1.807, 2.05) is 37.3 Å². The molecule has 5 aliphatic rings. The molecule has 0 spiro atoms. The second-order valence-corrected chi connectivity index (χ2v) is 16.5. The zero-order chi connectivity index (χ0) is 37.8. The number of amides is 2. The lowest BCUT2D eigenvalue weighted by atomic mass is 9.69. The zero-order valence-electron chi connectivity index (χ0n) is 31.5. The lowest BCUT2D eigenvalue weighted by Crippen LogP contribution is -2.53. The first-order valence-corrected chi connectivity index (χ1v) is 20.2. The highest BCUT2D eigenvalue weighted by Gasteiger charge is 2.42. The molecule has 2 amide bonds. The summed E-state index contributed by atoms with van der Waals surface area (Å²) in [6.07, 6.45) is 5.99. The van der Waals surface area contributed by atoms with Gasteiger partial charge in [0.15, 0.2) is 0 Å². The molecule has 0 radical (unpaired) electrons. The first-order valence-electron chi connectivity index (χ1n) is 20.2. The molecule has 1 aliphatic carbocycles. The summed E-state index contributed by atoms with van der Waals surface area (Å²) in [5, 5.41) is 10.2. The van der Waals surface area contributed by atoms with Crippen molar-refractivity contribution in [1.82, 2.24) is 14.7 Å². The predicted octanol–water partition coefficient (Wildman–Crippen LogP) is 7.27. The van der Waals surface area contributed by atoms with Gasteiger partial charge in [-0.15, -0.1) is 0 Å². The minimum Gasteiger partial charge on any atom is -0.508 e. The summed E-state index contributed by atoms with van der Waals surface area (Å²) in [5.41, 5.74) is 9.23. The first-order chi connectivity index (χ1) is 26.8. The van der Waals surface area contributed by atoms with Crippen LogP contribution in [0, 0.1) is 11.7 Å². The highest BCUT2D eigenvalue weighted by atomic mass is 19.1. The van der Waals surface area contributed by atoms with E-state index in [0.717, 1.165) is 101 Å². The molecule has 9 rings (SSSR count). The molecule has 1 unspecified atom stereocenters. The van der Waals surface area contributed by atoms with Crippen LogP contribution in [-0.2, 0) is 24.3 Å². The molecule has 2 saturated heterocycles. The number of aryl methyl sites for hydroxylation is 1. The zero-order valence-corrected chi connectivity index (χ0v) is 31.5. The summed E-state index contributed by atoms with van der Waals surface area (Å²) in [4.78, 5) is 46.9. The fourth-order valence-electron chi connectivity index (χ4n) is 10.2. The summed E-state index contributed by atoms with van der Waals surface area (Å²) in [5.74, 6) is 0.425. The molecule has 4 aromatic rings. The number of benzene rings is 4. The van der Waals surface area contributed by atoms with Gasteiger partial charge in [-0.25, -0.2) is 4.39 Å². The van der Waals surface area contributed by atoms with Gasteiger partial charge < -0.3 is 19.7 Å². The predicted molar refractivity (Wildman–Crippen MR) is 210 cm³/mol. The van der Waals surface area contributed by atoms with Crippen LogP contribution in [0.2, 0.25) is 0 Å². The first kappa shape index (κ1) is 35.8.